The Hall–Kier alpha value is -3.73. The van der Waals surface area contributed by atoms with Crippen molar-refractivity contribution in [2.75, 3.05) is 12.4 Å². The van der Waals surface area contributed by atoms with E-state index in [0.717, 1.165) is 6.07 Å². The molecule has 11 heteroatoms. The summed E-state index contributed by atoms with van der Waals surface area (Å²) in [6.45, 7) is 4.94. The normalized spacial score (nSPS) is 17.4. The lowest BCUT2D eigenvalue weighted by Crippen LogP contribution is -2.39. The van der Waals surface area contributed by atoms with Crippen molar-refractivity contribution in [2.45, 2.75) is 43.9 Å². The molecule has 0 N–H and O–H groups in total. The molecule has 206 valence electrons. The van der Waals surface area contributed by atoms with Gasteiger partial charge >= 0.3 is 12.1 Å². The van der Waals surface area contributed by atoms with Crippen molar-refractivity contribution >= 4 is 27.2 Å². The SMILES string of the molecule is CCOC(=O)C1C(CS(=O)(=O)c2ccccc2)=Nc2ccnc(OC(C)C)c2C1c1ccccc1C(F)(F)F. The lowest BCUT2D eigenvalue weighted by molar-refractivity contribution is -0.147. The van der Waals surface area contributed by atoms with Crippen LogP contribution in [0, 0.1) is 5.92 Å². The molecule has 4 rings (SSSR count). The van der Waals surface area contributed by atoms with E-state index in [1.54, 1.807) is 39.0 Å². The highest BCUT2D eigenvalue weighted by atomic mass is 32.2. The molecule has 1 aliphatic rings. The predicted molar refractivity (Wildman–Crippen MR) is 139 cm³/mol. The van der Waals surface area contributed by atoms with E-state index in [1.807, 2.05) is 0 Å². The number of aromatic nitrogens is 1. The fourth-order valence-electron chi connectivity index (χ4n) is 4.63. The molecule has 2 aromatic carbocycles. The number of aliphatic imine (C=N–C) groups is 1. The molecule has 3 aromatic rings. The number of carbonyl (C=O) groups excluding carboxylic acids is 1. The number of rotatable bonds is 8. The number of pyridine rings is 1. The smallest absolute Gasteiger partial charge is 0.416 e. The molecule has 7 nitrogen and oxygen atoms in total. The molecule has 2 atom stereocenters. The molecular weight excluding hydrogens is 533 g/mol. The summed E-state index contributed by atoms with van der Waals surface area (Å²) < 4.78 is 80.7. The number of carbonyl (C=O) groups is 1. The number of sulfone groups is 1. The molecule has 0 amide bonds. The van der Waals surface area contributed by atoms with E-state index >= 15 is 0 Å². The predicted octanol–water partition coefficient (Wildman–Crippen LogP) is 5.76. The molecule has 0 bridgehead atoms. The third-order valence-corrected chi connectivity index (χ3v) is 7.79. The van der Waals surface area contributed by atoms with Crippen LogP contribution in [0.4, 0.5) is 18.9 Å². The number of hydrogen-bond donors (Lipinski definition) is 0. The Morgan fingerprint density at radius 2 is 1.69 bits per heavy atom. The van der Waals surface area contributed by atoms with E-state index in [2.05, 4.69) is 9.98 Å². The third kappa shape index (κ3) is 5.98. The van der Waals surface area contributed by atoms with Crippen LogP contribution < -0.4 is 4.74 Å². The van der Waals surface area contributed by atoms with Crippen molar-refractivity contribution in [1.82, 2.24) is 4.98 Å². The Bertz CT molecular complexity index is 1490. The average molecular weight is 561 g/mol. The minimum Gasteiger partial charge on any atom is -0.475 e. The van der Waals surface area contributed by atoms with Gasteiger partial charge in [0.15, 0.2) is 9.84 Å². The summed E-state index contributed by atoms with van der Waals surface area (Å²) in [7, 11) is -4.02. The highest BCUT2D eigenvalue weighted by Gasteiger charge is 2.47. The number of nitrogens with zero attached hydrogens (tertiary/aromatic N) is 2. The number of esters is 1. The molecule has 0 aliphatic carbocycles. The number of fused-ring (bicyclic) bond motifs is 1. The molecule has 1 aliphatic heterocycles. The monoisotopic (exact) mass is 560 g/mol. The fourth-order valence-corrected chi connectivity index (χ4v) is 6.00. The van der Waals surface area contributed by atoms with E-state index in [-0.39, 0.29) is 39.9 Å². The van der Waals surface area contributed by atoms with Crippen LogP contribution in [0.15, 0.2) is 76.7 Å². The van der Waals surface area contributed by atoms with Crippen LogP contribution in [-0.4, -0.2) is 43.5 Å². The van der Waals surface area contributed by atoms with Gasteiger partial charge in [0, 0.05) is 23.4 Å². The van der Waals surface area contributed by atoms with E-state index in [1.165, 1.54) is 42.6 Å². The number of alkyl halides is 3. The van der Waals surface area contributed by atoms with Gasteiger partial charge in [0.05, 0.1) is 34.6 Å². The molecule has 0 saturated heterocycles. The minimum absolute atomic E-state index is 0.00694. The summed E-state index contributed by atoms with van der Waals surface area (Å²) >= 11 is 0. The van der Waals surface area contributed by atoms with Crippen LogP contribution in [0.25, 0.3) is 0 Å². The highest BCUT2D eigenvalue weighted by molar-refractivity contribution is 7.92. The van der Waals surface area contributed by atoms with Crippen LogP contribution in [0.5, 0.6) is 5.88 Å². The van der Waals surface area contributed by atoms with Crippen LogP contribution in [-0.2, 0) is 25.5 Å². The van der Waals surface area contributed by atoms with Crippen molar-refractivity contribution in [1.29, 1.82) is 0 Å². The molecule has 0 spiro atoms. The van der Waals surface area contributed by atoms with Crippen LogP contribution in [0.2, 0.25) is 0 Å². The largest absolute Gasteiger partial charge is 0.475 e. The zero-order chi connectivity index (χ0) is 28.4. The topological polar surface area (TPSA) is 94.9 Å². The van der Waals surface area contributed by atoms with Crippen LogP contribution >= 0.6 is 0 Å². The second-order valence-corrected chi connectivity index (χ2v) is 11.2. The Labute approximate surface area is 224 Å². The third-order valence-electron chi connectivity index (χ3n) is 6.13. The molecule has 0 fully saturated rings. The molecule has 2 unspecified atom stereocenters. The number of halogens is 3. The van der Waals surface area contributed by atoms with Gasteiger partial charge in [0.1, 0.15) is 5.92 Å². The van der Waals surface area contributed by atoms with Crippen molar-refractivity contribution in [2.24, 2.45) is 10.9 Å². The van der Waals surface area contributed by atoms with Gasteiger partial charge in [-0.25, -0.2) is 13.4 Å². The maximum absolute atomic E-state index is 14.3. The molecule has 0 radical (unpaired) electrons. The standard InChI is InChI=1S/C28H27F3N2O5S/c1-4-37-27(34)25-22(16-39(35,36)18-10-6-5-7-11-18)33-21-14-15-32-26(38-17(2)3)24(21)23(25)19-12-8-9-13-20(19)28(29,30)31/h5-15,17,23,25H,4,16H2,1-3H3. The van der Waals surface area contributed by atoms with Gasteiger partial charge in [-0.2, -0.15) is 13.2 Å². The van der Waals surface area contributed by atoms with E-state index < -0.39 is 51.2 Å². The lowest BCUT2D eigenvalue weighted by atomic mass is 9.74. The summed E-state index contributed by atoms with van der Waals surface area (Å²) in [4.78, 5) is 22.2. The summed E-state index contributed by atoms with van der Waals surface area (Å²) in [6.07, 6.45) is -3.78. The summed E-state index contributed by atoms with van der Waals surface area (Å²) in [5.74, 6) is -4.41. The van der Waals surface area contributed by atoms with E-state index in [9.17, 15) is 26.4 Å². The Balaban J connectivity index is 2.02. The van der Waals surface area contributed by atoms with E-state index in [4.69, 9.17) is 9.47 Å². The molecular formula is C28H27F3N2O5S. The number of hydrogen-bond acceptors (Lipinski definition) is 7. The minimum atomic E-state index is -4.76. The van der Waals surface area contributed by atoms with Gasteiger partial charge in [0.25, 0.3) is 0 Å². The Kier molecular flexibility index (Phi) is 8.10. The quantitative estimate of drug-likeness (QED) is 0.325. The van der Waals surface area contributed by atoms with E-state index in [0.29, 0.717) is 0 Å². The Morgan fingerprint density at radius 3 is 2.33 bits per heavy atom. The first-order valence-electron chi connectivity index (χ1n) is 12.3. The van der Waals surface area contributed by atoms with Crippen molar-refractivity contribution in [3.63, 3.8) is 0 Å². The van der Waals surface area contributed by atoms with Gasteiger partial charge in [0.2, 0.25) is 5.88 Å². The Morgan fingerprint density at radius 1 is 1.03 bits per heavy atom. The highest BCUT2D eigenvalue weighted by Crippen LogP contribution is 2.49. The fraction of sp³-hybridized carbons (Fsp3) is 0.321. The van der Waals surface area contributed by atoms with Gasteiger partial charge in [-0.3, -0.25) is 9.79 Å². The maximum atomic E-state index is 14.3. The molecule has 1 aromatic heterocycles. The van der Waals surface area contributed by atoms with Gasteiger partial charge in [-0.15, -0.1) is 0 Å². The summed E-state index contributed by atoms with van der Waals surface area (Å²) in [5, 5.41) is 0. The molecule has 39 heavy (non-hydrogen) atoms. The first kappa shape index (κ1) is 28.3. The maximum Gasteiger partial charge on any atom is 0.416 e. The zero-order valence-corrected chi connectivity index (χ0v) is 22.3. The summed E-state index contributed by atoms with van der Waals surface area (Å²) in [5.41, 5.74) is -1.02. The van der Waals surface area contributed by atoms with Crippen LogP contribution in [0.3, 0.4) is 0 Å². The lowest BCUT2D eigenvalue weighted by Gasteiger charge is -2.34. The zero-order valence-electron chi connectivity index (χ0n) is 21.5. The van der Waals surface area contributed by atoms with Crippen molar-refractivity contribution < 1.29 is 35.9 Å². The second kappa shape index (κ2) is 11.2. The second-order valence-electron chi connectivity index (χ2n) is 9.18. The first-order valence-corrected chi connectivity index (χ1v) is 13.9. The van der Waals surface area contributed by atoms with Crippen molar-refractivity contribution in [3.05, 3.63) is 83.6 Å². The average Bonchev–Trinajstić information content (AvgIpc) is 2.87. The molecule has 2 heterocycles. The number of benzene rings is 2. The first-order chi connectivity index (χ1) is 18.4. The van der Waals surface area contributed by atoms with Crippen molar-refractivity contribution in [3.8, 4) is 5.88 Å². The number of ether oxygens (including phenoxy) is 2. The van der Waals surface area contributed by atoms with Gasteiger partial charge in [-0.1, -0.05) is 36.4 Å². The van der Waals surface area contributed by atoms with Gasteiger partial charge in [-0.05, 0) is 50.6 Å². The molecule has 0 saturated carbocycles. The van der Waals surface area contributed by atoms with Gasteiger partial charge < -0.3 is 9.47 Å². The van der Waals surface area contributed by atoms with Crippen LogP contribution in [0.1, 0.15) is 43.4 Å². The summed E-state index contributed by atoms with van der Waals surface area (Å²) in [6, 6.07) is 13.9.